The first kappa shape index (κ1) is 10.3. The number of rotatable bonds is 3. The zero-order valence-corrected chi connectivity index (χ0v) is 8.15. The molecule has 74 valence electrons. The van der Waals surface area contributed by atoms with Crippen LogP contribution in [0.2, 0.25) is 0 Å². The molecule has 0 saturated heterocycles. The predicted molar refractivity (Wildman–Crippen MR) is 54.3 cm³/mol. The first-order chi connectivity index (χ1) is 6.63. The van der Waals surface area contributed by atoms with E-state index in [9.17, 15) is 4.79 Å². The van der Waals surface area contributed by atoms with Crippen molar-refractivity contribution in [2.24, 2.45) is 0 Å². The van der Waals surface area contributed by atoms with Crippen molar-refractivity contribution in [1.82, 2.24) is 0 Å². The zero-order valence-electron chi connectivity index (χ0n) is 8.15. The highest BCUT2D eigenvalue weighted by Crippen LogP contribution is 2.13. The van der Waals surface area contributed by atoms with Crippen molar-refractivity contribution in [2.75, 3.05) is 7.11 Å². The van der Waals surface area contributed by atoms with Crippen molar-refractivity contribution in [3.8, 4) is 5.75 Å². The molecule has 3 heteroatoms. The number of carboxylic acid groups (broad SMARTS) is 1. The highest BCUT2D eigenvalue weighted by Gasteiger charge is 1.99. The van der Waals surface area contributed by atoms with Gasteiger partial charge < -0.3 is 9.84 Å². The van der Waals surface area contributed by atoms with Crippen LogP contribution < -0.4 is 4.74 Å². The van der Waals surface area contributed by atoms with Crippen molar-refractivity contribution < 1.29 is 14.6 Å². The molecule has 1 aromatic carbocycles. The molecule has 0 bridgehead atoms. The number of carbonyl (C=O) groups is 1. The van der Waals surface area contributed by atoms with Gasteiger partial charge in [0.2, 0.25) is 0 Å². The molecule has 1 rings (SSSR count). The summed E-state index contributed by atoms with van der Waals surface area (Å²) in [6.45, 7) is 1.56. The average Bonchev–Trinajstić information content (AvgIpc) is 2.19. The molecule has 0 atom stereocenters. The van der Waals surface area contributed by atoms with Gasteiger partial charge in [-0.3, -0.25) is 0 Å². The van der Waals surface area contributed by atoms with Crippen molar-refractivity contribution >= 4 is 12.0 Å². The van der Waals surface area contributed by atoms with E-state index < -0.39 is 5.97 Å². The Morgan fingerprint density at radius 2 is 1.93 bits per heavy atom. The Hall–Kier alpha value is -1.77. The normalized spacial score (nSPS) is 11.1. The molecular formula is C11H12O3. The van der Waals surface area contributed by atoms with Crippen molar-refractivity contribution in [1.29, 1.82) is 0 Å². The van der Waals surface area contributed by atoms with Gasteiger partial charge in [0.15, 0.2) is 0 Å². The van der Waals surface area contributed by atoms with Crippen LogP contribution in [0.15, 0.2) is 29.8 Å². The Morgan fingerprint density at radius 3 is 2.36 bits per heavy atom. The van der Waals surface area contributed by atoms with Crippen molar-refractivity contribution in [3.63, 3.8) is 0 Å². The predicted octanol–water partition coefficient (Wildman–Crippen LogP) is 2.18. The number of hydrogen-bond acceptors (Lipinski definition) is 2. The third-order valence-corrected chi connectivity index (χ3v) is 1.84. The van der Waals surface area contributed by atoms with Gasteiger partial charge in [-0.15, -0.1) is 0 Å². The van der Waals surface area contributed by atoms with Gasteiger partial charge in [-0.2, -0.15) is 0 Å². The summed E-state index contributed by atoms with van der Waals surface area (Å²) in [6, 6.07) is 7.21. The van der Waals surface area contributed by atoms with Crippen LogP contribution in [0.5, 0.6) is 5.75 Å². The highest BCUT2D eigenvalue weighted by atomic mass is 16.5. The molecule has 0 aliphatic rings. The maximum Gasteiger partial charge on any atom is 0.331 e. The van der Waals surface area contributed by atoms with Gasteiger partial charge in [-0.25, -0.2) is 4.79 Å². The molecule has 1 aromatic rings. The van der Waals surface area contributed by atoms with Crippen LogP contribution in [0.25, 0.3) is 6.08 Å². The van der Waals surface area contributed by atoms with Crippen molar-refractivity contribution in [2.45, 2.75) is 6.92 Å². The number of ether oxygens (including phenoxy) is 1. The summed E-state index contributed by atoms with van der Waals surface area (Å²) >= 11 is 0. The quantitative estimate of drug-likeness (QED) is 0.746. The largest absolute Gasteiger partial charge is 0.497 e. The number of hydrogen-bond donors (Lipinski definition) is 1. The Kier molecular flexibility index (Phi) is 3.29. The fourth-order valence-corrected chi connectivity index (χ4v) is 1.01. The van der Waals surface area contributed by atoms with Gasteiger partial charge in [0.1, 0.15) is 5.75 Å². The lowest BCUT2D eigenvalue weighted by molar-refractivity contribution is -0.132. The third kappa shape index (κ3) is 2.62. The smallest absolute Gasteiger partial charge is 0.331 e. The number of methoxy groups -OCH3 is 1. The Balaban J connectivity index is 2.88. The summed E-state index contributed by atoms with van der Waals surface area (Å²) in [5.41, 5.74) is 1.17. The molecular weight excluding hydrogens is 180 g/mol. The molecule has 14 heavy (non-hydrogen) atoms. The number of aliphatic carboxylic acids is 1. The van der Waals surface area contributed by atoms with Crippen LogP contribution in [0.3, 0.4) is 0 Å². The van der Waals surface area contributed by atoms with Crippen LogP contribution in [0, 0.1) is 0 Å². The van der Waals surface area contributed by atoms with Crippen LogP contribution >= 0.6 is 0 Å². The van der Waals surface area contributed by atoms with Crippen LogP contribution in [0.1, 0.15) is 12.5 Å². The SMILES string of the molecule is COc1ccc(/C=C(\C)C(=O)O)cc1. The molecule has 0 unspecified atom stereocenters. The van der Waals surface area contributed by atoms with Crippen LogP contribution in [0.4, 0.5) is 0 Å². The fraction of sp³-hybridized carbons (Fsp3) is 0.182. The summed E-state index contributed by atoms with van der Waals surface area (Å²) in [6.07, 6.45) is 1.61. The Bertz CT molecular complexity index is 349. The van der Waals surface area contributed by atoms with Gasteiger partial charge in [-0.1, -0.05) is 12.1 Å². The lowest BCUT2D eigenvalue weighted by atomic mass is 10.1. The van der Waals surface area contributed by atoms with Gasteiger partial charge in [-0.05, 0) is 30.7 Å². The zero-order chi connectivity index (χ0) is 10.6. The van der Waals surface area contributed by atoms with E-state index in [0.717, 1.165) is 11.3 Å². The van der Waals surface area contributed by atoms with Gasteiger partial charge >= 0.3 is 5.97 Å². The van der Waals surface area contributed by atoms with Crippen molar-refractivity contribution in [3.05, 3.63) is 35.4 Å². The van der Waals surface area contributed by atoms with Gasteiger partial charge in [0.05, 0.1) is 7.11 Å². The summed E-state index contributed by atoms with van der Waals surface area (Å²) in [5, 5.41) is 8.65. The van der Waals surface area contributed by atoms with E-state index in [0.29, 0.717) is 5.57 Å². The van der Waals surface area contributed by atoms with E-state index in [1.54, 1.807) is 32.2 Å². The summed E-state index contributed by atoms with van der Waals surface area (Å²) in [5.74, 6) is -0.143. The molecule has 0 amide bonds. The lowest BCUT2D eigenvalue weighted by Crippen LogP contribution is -1.95. The molecule has 0 aliphatic carbocycles. The van der Waals surface area contributed by atoms with Crippen LogP contribution in [-0.4, -0.2) is 18.2 Å². The van der Waals surface area contributed by atoms with E-state index in [2.05, 4.69) is 0 Å². The number of benzene rings is 1. The highest BCUT2D eigenvalue weighted by molar-refractivity contribution is 5.91. The summed E-state index contributed by atoms with van der Waals surface area (Å²) in [4.78, 5) is 10.5. The second-order valence-corrected chi connectivity index (χ2v) is 2.91. The topological polar surface area (TPSA) is 46.5 Å². The second-order valence-electron chi connectivity index (χ2n) is 2.91. The first-order valence-corrected chi connectivity index (χ1v) is 4.19. The van der Waals surface area contributed by atoms with E-state index in [1.807, 2.05) is 12.1 Å². The first-order valence-electron chi connectivity index (χ1n) is 4.19. The lowest BCUT2D eigenvalue weighted by Gasteiger charge is -1.99. The Morgan fingerprint density at radius 1 is 1.36 bits per heavy atom. The second kappa shape index (κ2) is 4.46. The molecule has 0 spiro atoms. The minimum Gasteiger partial charge on any atom is -0.497 e. The molecule has 0 heterocycles. The minimum atomic E-state index is -0.902. The van der Waals surface area contributed by atoms with E-state index in [4.69, 9.17) is 9.84 Å². The molecule has 0 aromatic heterocycles. The number of carboxylic acids is 1. The fourth-order valence-electron chi connectivity index (χ4n) is 1.01. The van der Waals surface area contributed by atoms with Crippen LogP contribution in [-0.2, 0) is 4.79 Å². The van der Waals surface area contributed by atoms with E-state index in [1.165, 1.54) is 0 Å². The van der Waals surface area contributed by atoms with Gasteiger partial charge in [0.25, 0.3) is 0 Å². The van der Waals surface area contributed by atoms with E-state index in [-0.39, 0.29) is 0 Å². The molecule has 3 nitrogen and oxygen atoms in total. The maximum atomic E-state index is 10.5. The monoisotopic (exact) mass is 192 g/mol. The third-order valence-electron chi connectivity index (χ3n) is 1.84. The summed E-state index contributed by atoms with van der Waals surface area (Å²) in [7, 11) is 1.59. The molecule has 0 fully saturated rings. The Labute approximate surface area is 82.6 Å². The maximum absolute atomic E-state index is 10.5. The standard InChI is InChI=1S/C11H12O3/c1-8(11(12)13)7-9-3-5-10(14-2)6-4-9/h3-7H,1-2H3,(H,12,13)/b8-7+. The molecule has 0 saturated carbocycles. The summed E-state index contributed by atoms with van der Waals surface area (Å²) < 4.78 is 4.98. The van der Waals surface area contributed by atoms with Gasteiger partial charge in [0, 0.05) is 5.57 Å². The molecule has 0 aliphatic heterocycles. The average molecular weight is 192 g/mol. The minimum absolute atomic E-state index is 0.315. The molecule has 0 radical (unpaired) electrons. The molecule has 1 N–H and O–H groups in total. The van der Waals surface area contributed by atoms with E-state index >= 15 is 0 Å².